The van der Waals surface area contributed by atoms with E-state index in [1.807, 2.05) is 0 Å². The summed E-state index contributed by atoms with van der Waals surface area (Å²) in [5.41, 5.74) is 0. The van der Waals surface area contributed by atoms with Gasteiger partial charge in [0.1, 0.15) is 0 Å². The van der Waals surface area contributed by atoms with E-state index in [0.29, 0.717) is 0 Å². The van der Waals surface area contributed by atoms with Gasteiger partial charge in [0, 0.05) is 14.2 Å². The van der Waals surface area contributed by atoms with E-state index in [9.17, 15) is 0 Å². The summed E-state index contributed by atoms with van der Waals surface area (Å²) in [7, 11) is 2.73. The van der Waals surface area contributed by atoms with Crippen molar-refractivity contribution in [2.24, 2.45) is 0 Å². The van der Waals surface area contributed by atoms with E-state index < -0.39 is 10.0 Å². The van der Waals surface area contributed by atoms with Gasteiger partial charge in [0.25, 0.3) is 0 Å². The van der Waals surface area contributed by atoms with Gasteiger partial charge in [-0.2, -0.15) is 0 Å². The van der Waals surface area contributed by atoms with E-state index in [1.165, 1.54) is 32.1 Å². The van der Waals surface area contributed by atoms with Crippen LogP contribution in [0.2, 0.25) is 0 Å². The highest BCUT2D eigenvalue weighted by Crippen LogP contribution is 2.15. The molecule has 0 N–H and O–H groups in total. The minimum absolute atomic E-state index is 0.568. The van der Waals surface area contributed by atoms with Gasteiger partial charge in [-0.05, 0) is 0 Å². The molecule has 1 aliphatic rings. The van der Waals surface area contributed by atoms with E-state index in [4.69, 9.17) is 0 Å². The largest absolute Gasteiger partial charge is 0.402 e. The molecule has 1 saturated carbocycles. The first kappa shape index (κ1) is 10.1. The quantitative estimate of drug-likeness (QED) is 0.569. The Hall–Kier alpha value is 0.137. The maximum atomic E-state index is 4.61. The summed E-state index contributed by atoms with van der Waals surface area (Å²) in [4.78, 5) is 0. The van der Waals surface area contributed by atoms with E-state index in [1.54, 1.807) is 14.2 Å². The minimum atomic E-state index is -0.568. The summed E-state index contributed by atoms with van der Waals surface area (Å²) in [6, 6.07) is 0. The summed E-state index contributed by atoms with van der Waals surface area (Å²) in [6.07, 6.45) is 7.50. The Morgan fingerprint density at radius 1 is 0.800 bits per heavy atom. The highest BCUT2D eigenvalue weighted by atomic mass is 28.3. The Labute approximate surface area is 66.0 Å². The molecule has 0 spiro atoms. The number of hydrogen-bond acceptors (Lipinski definition) is 2. The van der Waals surface area contributed by atoms with Crippen LogP contribution in [0, 0.1) is 0 Å². The van der Waals surface area contributed by atoms with Gasteiger partial charge in [-0.15, -0.1) is 0 Å². The van der Waals surface area contributed by atoms with Gasteiger partial charge in [0.2, 0.25) is 0 Å². The Bertz CT molecular complexity index is 46.0. The predicted octanol–water partition coefficient (Wildman–Crippen LogP) is 1.23. The van der Waals surface area contributed by atoms with Crippen molar-refractivity contribution in [2.75, 3.05) is 14.2 Å². The lowest BCUT2D eigenvalue weighted by atomic mass is 10.4. The Balaban J connectivity index is 0.000000162. The predicted molar refractivity (Wildman–Crippen MR) is 45.6 cm³/mol. The van der Waals surface area contributed by atoms with Crippen molar-refractivity contribution in [3.8, 4) is 0 Å². The molecule has 0 saturated heterocycles. The molecule has 0 radical (unpaired) electrons. The third-order valence-corrected chi connectivity index (χ3v) is 1.96. The molecule has 1 rings (SSSR count). The fourth-order valence-electron chi connectivity index (χ4n) is 1.00. The van der Waals surface area contributed by atoms with Crippen molar-refractivity contribution in [1.82, 2.24) is 0 Å². The van der Waals surface area contributed by atoms with Gasteiger partial charge in [-0.25, -0.2) is 0 Å². The summed E-state index contributed by atoms with van der Waals surface area (Å²) in [5.74, 6) is 0. The Morgan fingerprint density at radius 3 is 1.20 bits per heavy atom. The van der Waals surface area contributed by atoms with Crippen LogP contribution in [0.4, 0.5) is 0 Å². The summed E-state index contributed by atoms with van der Waals surface area (Å²) >= 11 is 0. The molecule has 0 unspecified atom stereocenters. The van der Waals surface area contributed by atoms with Crippen LogP contribution in [-0.2, 0) is 8.85 Å². The Morgan fingerprint density at radius 2 is 1.10 bits per heavy atom. The van der Waals surface area contributed by atoms with Crippen LogP contribution in [0.5, 0.6) is 0 Å². The highest BCUT2D eigenvalue weighted by molar-refractivity contribution is 6.17. The molecular weight excluding hydrogens is 144 g/mol. The van der Waals surface area contributed by atoms with Gasteiger partial charge in [0.05, 0.1) is 0 Å². The standard InChI is InChI=1S/C5H10.C2H8O2Si/c1-2-4-5-3-1;1-3-5-4-2/h1-5H2;5H2,1-2H3. The molecule has 0 atom stereocenters. The summed E-state index contributed by atoms with van der Waals surface area (Å²) in [6.45, 7) is 0. The van der Waals surface area contributed by atoms with Gasteiger partial charge in [-0.1, -0.05) is 32.1 Å². The lowest BCUT2D eigenvalue weighted by molar-refractivity contribution is 0.309. The third kappa shape index (κ3) is 8.14. The van der Waals surface area contributed by atoms with E-state index in [2.05, 4.69) is 8.85 Å². The molecule has 0 amide bonds. The highest BCUT2D eigenvalue weighted by Gasteiger charge is 1.95. The van der Waals surface area contributed by atoms with E-state index in [-0.39, 0.29) is 0 Å². The van der Waals surface area contributed by atoms with Crippen molar-refractivity contribution in [2.45, 2.75) is 32.1 Å². The molecule has 0 heterocycles. The lowest BCUT2D eigenvalue weighted by Crippen LogP contribution is -1.93. The van der Waals surface area contributed by atoms with Crippen molar-refractivity contribution < 1.29 is 8.85 Å². The molecule has 3 heteroatoms. The molecule has 10 heavy (non-hydrogen) atoms. The number of hydrogen-bond donors (Lipinski definition) is 0. The minimum Gasteiger partial charge on any atom is -0.402 e. The molecule has 62 valence electrons. The SMILES string of the molecule is C1CCCC1.CO[SiH2]OC. The zero-order valence-corrected chi connectivity index (χ0v) is 8.47. The third-order valence-electron chi connectivity index (χ3n) is 1.49. The first-order valence-corrected chi connectivity index (χ1v) is 5.05. The second-order valence-corrected chi connectivity index (χ2v) is 3.85. The van der Waals surface area contributed by atoms with Gasteiger partial charge < -0.3 is 8.85 Å². The van der Waals surface area contributed by atoms with Crippen molar-refractivity contribution in [3.63, 3.8) is 0 Å². The van der Waals surface area contributed by atoms with Crippen LogP contribution in [0.1, 0.15) is 32.1 Å². The van der Waals surface area contributed by atoms with Crippen molar-refractivity contribution in [3.05, 3.63) is 0 Å². The second kappa shape index (κ2) is 9.14. The second-order valence-electron chi connectivity index (χ2n) is 2.46. The molecule has 0 bridgehead atoms. The van der Waals surface area contributed by atoms with Gasteiger partial charge >= 0.3 is 10.0 Å². The first-order valence-electron chi connectivity index (χ1n) is 3.89. The fraction of sp³-hybridized carbons (Fsp3) is 1.00. The molecule has 0 aromatic heterocycles. The maximum absolute atomic E-state index is 4.61. The van der Waals surface area contributed by atoms with Crippen LogP contribution in [0.15, 0.2) is 0 Å². The molecule has 0 aliphatic heterocycles. The lowest BCUT2D eigenvalue weighted by Gasteiger charge is -1.86. The van der Waals surface area contributed by atoms with Crippen LogP contribution in [0.25, 0.3) is 0 Å². The van der Waals surface area contributed by atoms with Crippen LogP contribution < -0.4 is 0 Å². The van der Waals surface area contributed by atoms with Crippen molar-refractivity contribution >= 4 is 10.0 Å². The normalized spacial score (nSPS) is 16.2. The zero-order chi connectivity index (χ0) is 7.66. The molecular formula is C7H18O2Si. The van der Waals surface area contributed by atoms with Gasteiger partial charge in [0.15, 0.2) is 0 Å². The van der Waals surface area contributed by atoms with E-state index >= 15 is 0 Å². The molecule has 0 aromatic carbocycles. The molecule has 1 aliphatic carbocycles. The first-order chi connectivity index (χ1) is 4.91. The van der Waals surface area contributed by atoms with Crippen LogP contribution >= 0.6 is 0 Å². The zero-order valence-electron chi connectivity index (χ0n) is 7.06. The fourth-order valence-corrected chi connectivity index (χ4v) is 1.24. The smallest absolute Gasteiger partial charge is 0.303 e. The molecule has 0 aromatic rings. The summed E-state index contributed by atoms with van der Waals surface area (Å²) < 4.78 is 9.22. The average molecular weight is 162 g/mol. The topological polar surface area (TPSA) is 18.5 Å². The monoisotopic (exact) mass is 162 g/mol. The Kier molecular flexibility index (Phi) is 9.26. The van der Waals surface area contributed by atoms with Crippen LogP contribution in [-0.4, -0.2) is 24.2 Å². The van der Waals surface area contributed by atoms with Crippen LogP contribution in [0.3, 0.4) is 0 Å². The summed E-state index contributed by atoms with van der Waals surface area (Å²) in [5, 5.41) is 0. The maximum Gasteiger partial charge on any atom is 0.303 e. The van der Waals surface area contributed by atoms with Gasteiger partial charge in [-0.3, -0.25) is 0 Å². The number of rotatable bonds is 2. The molecule has 2 nitrogen and oxygen atoms in total. The molecule has 1 fully saturated rings. The van der Waals surface area contributed by atoms with Crippen molar-refractivity contribution in [1.29, 1.82) is 0 Å². The van der Waals surface area contributed by atoms with E-state index in [0.717, 1.165) is 0 Å². The average Bonchev–Trinajstić information content (AvgIpc) is 2.44.